The van der Waals surface area contributed by atoms with Crippen LogP contribution >= 0.6 is 0 Å². The van der Waals surface area contributed by atoms with Gasteiger partial charge in [0.15, 0.2) is 0 Å². The third-order valence-corrected chi connectivity index (χ3v) is 2.32. The molecular weight excluding hydrogens is 124 g/mol. The lowest BCUT2D eigenvalue weighted by molar-refractivity contribution is 0.0715. The minimum absolute atomic E-state index is 0.130. The van der Waals surface area contributed by atoms with E-state index in [-0.39, 0.29) is 11.5 Å². The van der Waals surface area contributed by atoms with E-state index in [2.05, 4.69) is 6.58 Å². The Kier molecular flexibility index (Phi) is 3.10. The van der Waals surface area contributed by atoms with Gasteiger partial charge in [-0.15, -0.1) is 0 Å². The maximum Gasteiger partial charge on any atom is 0.0625 e. The Morgan fingerprint density at radius 2 is 2.00 bits per heavy atom. The van der Waals surface area contributed by atoms with Gasteiger partial charge in [0, 0.05) is 5.41 Å². The van der Waals surface area contributed by atoms with Gasteiger partial charge in [-0.05, 0) is 13.3 Å². The van der Waals surface area contributed by atoms with Gasteiger partial charge in [-0.2, -0.15) is 0 Å². The van der Waals surface area contributed by atoms with E-state index in [1.807, 2.05) is 27.7 Å². The van der Waals surface area contributed by atoms with E-state index in [4.69, 9.17) is 0 Å². The summed E-state index contributed by atoms with van der Waals surface area (Å²) >= 11 is 0. The summed E-state index contributed by atoms with van der Waals surface area (Å²) in [4.78, 5) is 0. The molecular formula is C9H18O. The lowest BCUT2D eigenvalue weighted by Crippen LogP contribution is -2.29. The summed E-state index contributed by atoms with van der Waals surface area (Å²) in [5, 5.41) is 9.50. The van der Waals surface area contributed by atoms with Crippen molar-refractivity contribution in [2.75, 3.05) is 0 Å². The van der Waals surface area contributed by atoms with E-state index in [0.29, 0.717) is 0 Å². The predicted octanol–water partition coefficient (Wildman–Crippen LogP) is 2.36. The molecule has 1 N–H and O–H groups in total. The zero-order valence-corrected chi connectivity index (χ0v) is 7.44. The molecule has 0 aromatic heterocycles. The van der Waals surface area contributed by atoms with Gasteiger partial charge in [-0.3, -0.25) is 0 Å². The second-order valence-electron chi connectivity index (χ2n) is 3.43. The van der Waals surface area contributed by atoms with Gasteiger partial charge in [0.2, 0.25) is 0 Å². The SMILES string of the molecule is C=C(C)C(C)(C)C(O)CC. The van der Waals surface area contributed by atoms with Gasteiger partial charge in [0.25, 0.3) is 0 Å². The fraction of sp³-hybridized carbons (Fsp3) is 0.778. The molecule has 60 valence electrons. The Morgan fingerprint density at radius 1 is 1.60 bits per heavy atom. The highest BCUT2D eigenvalue weighted by Crippen LogP contribution is 2.29. The molecule has 0 aliphatic rings. The molecule has 0 bridgehead atoms. The molecule has 0 radical (unpaired) electrons. The quantitative estimate of drug-likeness (QED) is 0.600. The van der Waals surface area contributed by atoms with Crippen LogP contribution in [0.4, 0.5) is 0 Å². The van der Waals surface area contributed by atoms with E-state index in [0.717, 1.165) is 12.0 Å². The summed E-state index contributed by atoms with van der Waals surface area (Å²) < 4.78 is 0. The third kappa shape index (κ3) is 1.84. The first-order valence-corrected chi connectivity index (χ1v) is 3.77. The van der Waals surface area contributed by atoms with Crippen LogP contribution < -0.4 is 0 Å². The first-order chi connectivity index (χ1) is 4.42. The molecule has 0 saturated carbocycles. The second-order valence-corrected chi connectivity index (χ2v) is 3.43. The van der Waals surface area contributed by atoms with Crippen molar-refractivity contribution in [2.24, 2.45) is 5.41 Å². The standard InChI is InChI=1S/C9H18O/c1-6-8(10)9(4,5)7(2)3/h8,10H,2,6H2,1,3-5H3. The van der Waals surface area contributed by atoms with Crippen molar-refractivity contribution < 1.29 is 5.11 Å². The molecule has 1 heteroatoms. The highest BCUT2D eigenvalue weighted by atomic mass is 16.3. The van der Waals surface area contributed by atoms with Gasteiger partial charge < -0.3 is 5.11 Å². The van der Waals surface area contributed by atoms with E-state index in [1.54, 1.807) is 0 Å². The van der Waals surface area contributed by atoms with Gasteiger partial charge >= 0.3 is 0 Å². The first-order valence-electron chi connectivity index (χ1n) is 3.77. The van der Waals surface area contributed by atoms with Crippen molar-refractivity contribution in [2.45, 2.75) is 40.2 Å². The van der Waals surface area contributed by atoms with Crippen LogP contribution in [0, 0.1) is 5.41 Å². The smallest absolute Gasteiger partial charge is 0.0625 e. The highest BCUT2D eigenvalue weighted by Gasteiger charge is 2.26. The van der Waals surface area contributed by atoms with Gasteiger partial charge in [-0.1, -0.05) is 32.9 Å². The Labute approximate surface area is 63.8 Å². The highest BCUT2D eigenvalue weighted by molar-refractivity contribution is 5.06. The summed E-state index contributed by atoms with van der Waals surface area (Å²) in [6.07, 6.45) is 0.532. The van der Waals surface area contributed by atoms with Crippen molar-refractivity contribution in [1.82, 2.24) is 0 Å². The monoisotopic (exact) mass is 142 g/mol. The third-order valence-electron chi connectivity index (χ3n) is 2.32. The van der Waals surface area contributed by atoms with E-state index in [1.165, 1.54) is 0 Å². The van der Waals surface area contributed by atoms with Gasteiger partial charge in [0.05, 0.1) is 6.10 Å². The van der Waals surface area contributed by atoms with Crippen molar-refractivity contribution in [1.29, 1.82) is 0 Å². The van der Waals surface area contributed by atoms with Gasteiger partial charge in [-0.25, -0.2) is 0 Å². The molecule has 0 aliphatic carbocycles. The number of hydrogen-bond acceptors (Lipinski definition) is 1. The first kappa shape index (κ1) is 9.70. The summed E-state index contributed by atoms with van der Waals surface area (Å²) in [5.74, 6) is 0. The molecule has 0 spiro atoms. The largest absolute Gasteiger partial charge is 0.392 e. The fourth-order valence-electron chi connectivity index (χ4n) is 0.795. The van der Waals surface area contributed by atoms with Crippen molar-refractivity contribution >= 4 is 0 Å². The van der Waals surface area contributed by atoms with Crippen LogP contribution in [0.5, 0.6) is 0 Å². The average Bonchev–Trinajstić information content (AvgIpc) is 1.86. The molecule has 0 aromatic carbocycles. The van der Waals surface area contributed by atoms with Crippen LogP contribution in [0.15, 0.2) is 12.2 Å². The summed E-state index contributed by atoms with van der Waals surface area (Å²) in [6.45, 7) is 11.8. The molecule has 10 heavy (non-hydrogen) atoms. The second kappa shape index (κ2) is 3.20. The van der Waals surface area contributed by atoms with Crippen molar-refractivity contribution in [3.8, 4) is 0 Å². The van der Waals surface area contributed by atoms with Crippen LogP contribution in [-0.2, 0) is 0 Å². The van der Waals surface area contributed by atoms with E-state index >= 15 is 0 Å². The van der Waals surface area contributed by atoms with Gasteiger partial charge in [0.1, 0.15) is 0 Å². The Morgan fingerprint density at radius 3 is 2.10 bits per heavy atom. The minimum atomic E-state index is -0.259. The van der Waals surface area contributed by atoms with E-state index in [9.17, 15) is 5.11 Å². The lowest BCUT2D eigenvalue weighted by Gasteiger charge is -2.30. The molecule has 1 unspecified atom stereocenters. The zero-order chi connectivity index (χ0) is 8.36. The molecule has 1 atom stereocenters. The molecule has 0 fully saturated rings. The van der Waals surface area contributed by atoms with Crippen LogP contribution in [0.25, 0.3) is 0 Å². The van der Waals surface area contributed by atoms with Crippen molar-refractivity contribution in [3.05, 3.63) is 12.2 Å². The summed E-state index contributed by atoms with van der Waals surface area (Å²) in [5.41, 5.74) is 0.913. The number of aliphatic hydroxyl groups excluding tert-OH is 1. The summed E-state index contributed by atoms with van der Waals surface area (Å²) in [6, 6.07) is 0. The zero-order valence-electron chi connectivity index (χ0n) is 7.44. The number of hydrogen-bond donors (Lipinski definition) is 1. The predicted molar refractivity (Wildman–Crippen MR) is 44.9 cm³/mol. The number of rotatable bonds is 3. The fourth-order valence-corrected chi connectivity index (χ4v) is 0.795. The Hall–Kier alpha value is -0.300. The van der Waals surface area contributed by atoms with Crippen LogP contribution in [0.1, 0.15) is 34.1 Å². The Bertz CT molecular complexity index is 125. The maximum absolute atomic E-state index is 9.50. The molecule has 0 aliphatic heterocycles. The van der Waals surface area contributed by atoms with Crippen molar-refractivity contribution in [3.63, 3.8) is 0 Å². The lowest BCUT2D eigenvalue weighted by atomic mass is 9.79. The minimum Gasteiger partial charge on any atom is -0.392 e. The molecule has 0 heterocycles. The molecule has 0 rings (SSSR count). The normalized spacial score (nSPS) is 14.9. The molecule has 0 aromatic rings. The maximum atomic E-state index is 9.50. The number of aliphatic hydroxyl groups is 1. The van der Waals surface area contributed by atoms with Crippen LogP contribution in [0.3, 0.4) is 0 Å². The Balaban J connectivity index is 4.23. The van der Waals surface area contributed by atoms with E-state index < -0.39 is 0 Å². The topological polar surface area (TPSA) is 20.2 Å². The molecule has 0 saturated heterocycles. The average molecular weight is 142 g/mol. The summed E-state index contributed by atoms with van der Waals surface area (Å²) in [7, 11) is 0. The van der Waals surface area contributed by atoms with Crippen LogP contribution in [0.2, 0.25) is 0 Å². The molecule has 1 nitrogen and oxygen atoms in total. The van der Waals surface area contributed by atoms with Crippen LogP contribution in [-0.4, -0.2) is 11.2 Å². The molecule has 0 amide bonds.